The lowest BCUT2D eigenvalue weighted by atomic mass is 10.1. The van der Waals surface area contributed by atoms with Gasteiger partial charge in [0.05, 0.1) is 23.0 Å². The van der Waals surface area contributed by atoms with Gasteiger partial charge in [-0.15, -0.1) is 11.3 Å². The number of ether oxygens (including phenoxy) is 1. The molecule has 0 saturated carbocycles. The number of likely N-dealkylation sites (N-methyl/N-ethyl adjacent to an activating group) is 1. The van der Waals surface area contributed by atoms with Crippen LogP contribution in [0.15, 0.2) is 24.7 Å². The summed E-state index contributed by atoms with van der Waals surface area (Å²) in [6.07, 6.45) is 5.83. The van der Waals surface area contributed by atoms with Crippen molar-refractivity contribution in [3.8, 4) is 22.2 Å². The maximum absolute atomic E-state index is 5.96. The number of aromatic nitrogens is 6. The summed E-state index contributed by atoms with van der Waals surface area (Å²) in [7, 11) is 4.08. The Bertz CT molecular complexity index is 1270. The van der Waals surface area contributed by atoms with Gasteiger partial charge in [0, 0.05) is 51.3 Å². The van der Waals surface area contributed by atoms with Gasteiger partial charge in [0.2, 0.25) is 0 Å². The number of aryl methyl sites for hydroxylation is 2. The van der Waals surface area contributed by atoms with Crippen LogP contribution in [0.4, 0.5) is 5.82 Å². The Labute approximate surface area is 197 Å². The Morgan fingerprint density at radius 1 is 1.24 bits per heavy atom. The van der Waals surface area contributed by atoms with Gasteiger partial charge in [-0.2, -0.15) is 5.10 Å². The number of nitrogens with one attached hydrogen (secondary N) is 1. The standard InChI is InChI=1S/C23H30N8OS/c1-14(2)31-8-6-17(28-31)19-15(3)18-20(25-12-16-13-29(4)10-11-32-16)26-21(27-23(18)33-19)22-24-7-9-30(22)5/h6-9,14,16H,10-13H2,1-5H3,(H,25,26,27). The molecule has 1 saturated heterocycles. The van der Waals surface area contributed by atoms with Crippen LogP contribution in [-0.2, 0) is 11.8 Å². The number of hydrogen-bond donors (Lipinski definition) is 1. The lowest BCUT2D eigenvalue weighted by Crippen LogP contribution is -2.43. The van der Waals surface area contributed by atoms with Crippen molar-refractivity contribution in [2.24, 2.45) is 7.05 Å². The predicted octanol–water partition coefficient (Wildman–Crippen LogP) is 3.59. The Morgan fingerprint density at radius 3 is 2.79 bits per heavy atom. The fourth-order valence-corrected chi connectivity index (χ4v) is 5.29. The van der Waals surface area contributed by atoms with E-state index in [1.54, 1.807) is 17.5 Å². The van der Waals surface area contributed by atoms with Crippen molar-refractivity contribution >= 4 is 27.4 Å². The van der Waals surface area contributed by atoms with E-state index in [1.165, 1.54) is 0 Å². The molecule has 1 atom stereocenters. The lowest BCUT2D eigenvalue weighted by molar-refractivity contribution is -0.0117. The zero-order valence-electron chi connectivity index (χ0n) is 19.7. The first-order valence-corrected chi connectivity index (χ1v) is 12.1. The molecule has 0 bridgehead atoms. The summed E-state index contributed by atoms with van der Waals surface area (Å²) in [5.74, 6) is 2.17. The third-order valence-corrected chi connectivity index (χ3v) is 7.23. The van der Waals surface area contributed by atoms with Crippen molar-refractivity contribution in [3.63, 3.8) is 0 Å². The van der Waals surface area contributed by atoms with Crippen LogP contribution in [-0.4, -0.2) is 73.6 Å². The van der Waals surface area contributed by atoms with E-state index >= 15 is 0 Å². The number of hydrogen-bond acceptors (Lipinski definition) is 8. The molecule has 0 spiro atoms. The quantitative estimate of drug-likeness (QED) is 0.465. The van der Waals surface area contributed by atoms with E-state index in [1.807, 2.05) is 28.7 Å². The first-order valence-electron chi connectivity index (χ1n) is 11.3. The van der Waals surface area contributed by atoms with E-state index in [4.69, 9.17) is 19.8 Å². The molecule has 0 aliphatic carbocycles. The van der Waals surface area contributed by atoms with Gasteiger partial charge >= 0.3 is 0 Å². The number of morpholine rings is 1. The first kappa shape index (κ1) is 22.0. The summed E-state index contributed by atoms with van der Waals surface area (Å²) >= 11 is 1.65. The molecule has 1 unspecified atom stereocenters. The van der Waals surface area contributed by atoms with Crippen molar-refractivity contribution in [2.45, 2.75) is 32.9 Å². The van der Waals surface area contributed by atoms with Crippen LogP contribution >= 0.6 is 11.3 Å². The van der Waals surface area contributed by atoms with Gasteiger partial charge in [0.25, 0.3) is 0 Å². The molecule has 1 fully saturated rings. The maximum atomic E-state index is 5.96. The Balaban J connectivity index is 1.57. The average molecular weight is 467 g/mol. The molecule has 0 radical (unpaired) electrons. The van der Waals surface area contributed by atoms with Crippen molar-refractivity contribution < 1.29 is 4.74 Å². The lowest BCUT2D eigenvalue weighted by Gasteiger charge is -2.30. The van der Waals surface area contributed by atoms with Crippen LogP contribution in [0.25, 0.3) is 32.4 Å². The molecule has 174 valence electrons. The van der Waals surface area contributed by atoms with Gasteiger partial charge in [-0.25, -0.2) is 15.0 Å². The Hall–Kier alpha value is -2.82. The van der Waals surface area contributed by atoms with E-state index in [0.29, 0.717) is 18.4 Å². The normalized spacial score (nSPS) is 17.3. The number of nitrogens with zero attached hydrogens (tertiary/aromatic N) is 7. The fraction of sp³-hybridized carbons (Fsp3) is 0.478. The molecular weight excluding hydrogens is 436 g/mol. The fourth-order valence-electron chi connectivity index (χ4n) is 4.14. The Kier molecular flexibility index (Phi) is 5.90. The van der Waals surface area contributed by atoms with Crippen molar-refractivity contribution in [2.75, 3.05) is 38.6 Å². The molecule has 9 nitrogen and oxygen atoms in total. The number of thiophene rings is 1. The van der Waals surface area contributed by atoms with Crippen molar-refractivity contribution in [1.29, 1.82) is 0 Å². The van der Waals surface area contributed by atoms with E-state index in [-0.39, 0.29) is 6.10 Å². The van der Waals surface area contributed by atoms with Crippen LogP contribution in [0.3, 0.4) is 0 Å². The highest BCUT2D eigenvalue weighted by Crippen LogP contribution is 2.40. The minimum Gasteiger partial charge on any atom is -0.374 e. The van der Waals surface area contributed by atoms with E-state index in [2.05, 4.69) is 49.1 Å². The minimum absolute atomic E-state index is 0.116. The van der Waals surface area contributed by atoms with Gasteiger partial charge < -0.3 is 19.5 Å². The summed E-state index contributed by atoms with van der Waals surface area (Å²) < 4.78 is 9.89. The second-order valence-electron chi connectivity index (χ2n) is 8.90. The molecule has 4 aromatic heterocycles. The van der Waals surface area contributed by atoms with E-state index < -0.39 is 0 Å². The minimum atomic E-state index is 0.116. The molecular formula is C23H30N8OS. The zero-order chi connectivity index (χ0) is 23.1. The molecule has 5 rings (SSSR count). The molecule has 1 N–H and O–H groups in total. The highest BCUT2D eigenvalue weighted by Gasteiger charge is 2.23. The third-order valence-electron chi connectivity index (χ3n) is 6.02. The molecule has 1 aliphatic rings. The number of imidazole rings is 1. The maximum Gasteiger partial charge on any atom is 0.199 e. The third kappa shape index (κ3) is 4.25. The highest BCUT2D eigenvalue weighted by molar-refractivity contribution is 7.22. The topological polar surface area (TPSA) is 85.9 Å². The van der Waals surface area contributed by atoms with E-state index in [0.717, 1.165) is 57.7 Å². The summed E-state index contributed by atoms with van der Waals surface area (Å²) in [4.78, 5) is 18.6. The largest absolute Gasteiger partial charge is 0.374 e. The monoisotopic (exact) mass is 466 g/mol. The van der Waals surface area contributed by atoms with Crippen LogP contribution in [0.1, 0.15) is 25.5 Å². The molecule has 33 heavy (non-hydrogen) atoms. The van der Waals surface area contributed by atoms with Gasteiger partial charge in [0.1, 0.15) is 16.3 Å². The van der Waals surface area contributed by atoms with Gasteiger partial charge in [-0.3, -0.25) is 4.68 Å². The van der Waals surface area contributed by atoms with Crippen molar-refractivity contribution in [3.05, 3.63) is 30.2 Å². The molecule has 0 amide bonds. The summed E-state index contributed by atoms with van der Waals surface area (Å²) in [6, 6.07) is 2.39. The van der Waals surface area contributed by atoms with Crippen LogP contribution in [0.5, 0.6) is 0 Å². The second-order valence-corrected chi connectivity index (χ2v) is 9.90. The smallest absolute Gasteiger partial charge is 0.199 e. The van der Waals surface area contributed by atoms with Crippen LogP contribution in [0.2, 0.25) is 0 Å². The molecule has 1 aliphatic heterocycles. The molecule has 5 heterocycles. The van der Waals surface area contributed by atoms with Gasteiger partial charge in [-0.05, 0) is 39.4 Å². The van der Waals surface area contributed by atoms with Crippen molar-refractivity contribution in [1.82, 2.24) is 34.2 Å². The Morgan fingerprint density at radius 2 is 2.09 bits per heavy atom. The van der Waals surface area contributed by atoms with Crippen LogP contribution in [0, 0.1) is 6.92 Å². The van der Waals surface area contributed by atoms with Gasteiger partial charge in [0.15, 0.2) is 11.6 Å². The second kappa shape index (κ2) is 8.85. The zero-order valence-corrected chi connectivity index (χ0v) is 20.6. The SMILES string of the molecule is Cc1c(-c2ccn(C(C)C)n2)sc2nc(-c3nccn3C)nc(NCC3CN(C)CCO3)c12. The summed E-state index contributed by atoms with van der Waals surface area (Å²) in [6.45, 7) is 9.69. The predicted molar refractivity (Wildman–Crippen MR) is 132 cm³/mol. The number of fused-ring (bicyclic) bond motifs is 1. The average Bonchev–Trinajstić information content (AvgIpc) is 3.51. The van der Waals surface area contributed by atoms with Crippen LogP contribution < -0.4 is 5.32 Å². The number of rotatable bonds is 6. The van der Waals surface area contributed by atoms with Gasteiger partial charge in [-0.1, -0.05) is 0 Å². The number of anilines is 1. The highest BCUT2D eigenvalue weighted by atomic mass is 32.1. The summed E-state index contributed by atoms with van der Waals surface area (Å²) in [5, 5.41) is 9.40. The molecule has 10 heteroatoms. The molecule has 4 aromatic rings. The molecule has 0 aromatic carbocycles. The summed E-state index contributed by atoms with van der Waals surface area (Å²) in [5.41, 5.74) is 2.10. The first-order chi connectivity index (χ1) is 15.9. The van der Waals surface area contributed by atoms with E-state index in [9.17, 15) is 0 Å².